The molecule has 0 amide bonds. The molecule has 0 saturated carbocycles. The fourth-order valence-corrected chi connectivity index (χ4v) is 2.57. The third kappa shape index (κ3) is 6.46. The molecule has 0 spiro atoms. The molecule has 0 aliphatic rings. The maximum Gasteiger partial charge on any atom is 0.294 e. The molecule has 5 nitrogen and oxygen atoms in total. The van der Waals surface area contributed by atoms with Gasteiger partial charge in [0.05, 0.1) is 4.90 Å². The molecular formula is C15H25NO4S. The number of aliphatic hydroxyl groups is 1. The van der Waals surface area contributed by atoms with Crippen LogP contribution in [0.15, 0.2) is 29.2 Å². The zero-order valence-corrected chi connectivity index (χ0v) is 13.4. The first-order valence-electron chi connectivity index (χ1n) is 7.36. The fraction of sp³-hybridized carbons (Fsp3) is 0.600. The highest BCUT2D eigenvalue weighted by Gasteiger charge is 2.14. The van der Waals surface area contributed by atoms with E-state index in [0.717, 1.165) is 12.8 Å². The number of aliphatic hydroxyl groups excluding tert-OH is 1. The average Bonchev–Trinajstić information content (AvgIpc) is 2.43. The molecule has 120 valence electrons. The topological polar surface area (TPSA) is 86.6 Å². The first-order chi connectivity index (χ1) is 9.84. The van der Waals surface area contributed by atoms with Crippen molar-refractivity contribution < 1.29 is 18.1 Å². The maximum absolute atomic E-state index is 10.9. The van der Waals surface area contributed by atoms with E-state index in [1.165, 1.54) is 43.5 Å². The lowest BCUT2D eigenvalue weighted by atomic mass is 10.0. The normalized spacial score (nSPS) is 14.7. The van der Waals surface area contributed by atoms with Crippen LogP contribution in [-0.2, 0) is 10.1 Å². The summed E-state index contributed by atoms with van der Waals surface area (Å²) >= 11 is 0. The van der Waals surface area contributed by atoms with Gasteiger partial charge in [-0.2, -0.15) is 8.42 Å². The lowest BCUT2D eigenvalue weighted by Gasteiger charge is -2.21. The monoisotopic (exact) mass is 315 g/mol. The highest BCUT2D eigenvalue weighted by atomic mass is 32.2. The summed E-state index contributed by atoms with van der Waals surface area (Å²) < 4.78 is 30.8. The Morgan fingerprint density at radius 3 is 2.29 bits per heavy atom. The summed E-state index contributed by atoms with van der Waals surface area (Å²) in [6, 6.07) is 5.65. The number of hydrogen-bond donors (Lipinski definition) is 3. The molecule has 3 N–H and O–H groups in total. The van der Waals surface area contributed by atoms with Crippen molar-refractivity contribution in [3.8, 4) is 0 Å². The van der Waals surface area contributed by atoms with E-state index in [0.29, 0.717) is 5.69 Å². The highest BCUT2D eigenvalue weighted by Crippen LogP contribution is 2.18. The van der Waals surface area contributed by atoms with Crippen LogP contribution in [0.5, 0.6) is 0 Å². The molecule has 0 saturated heterocycles. The lowest BCUT2D eigenvalue weighted by Crippen LogP contribution is -2.26. The van der Waals surface area contributed by atoms with E-state index < -0.39 is 16.3 Å². The molecule has 6 heteroatoms. The van der Waals surface area contributed by atoms with Crippen molar-refractivity contribution in [2.24, 2.45) is 5.92 Å². The number of unbranched alkanes of at least 4 members (excludes halogenated alkanes) is 3. The Kier molecular flexibility index (Phi) is 7.14. The van der Waals surface area contributed by atoms with Gasteiger partial charge in [0, 0.05) is 11.6 Å². The second-order valence-electron chi connectivity index (χ2n) is 5.42. The highest BCUT2D eigenvalue weighted by molar-refractivity contribution is 7.85. The summed E-state index contributed by atoms with van der Waals surface area (Å²) in [7, 11) is -4.17. The molecule has 1 rings (SSSR count). The Hall–Kier alpha value is -1.11. The standard InChI is InChI=1S/C15H25NO4S/c1-3-4-5-6-7-12(2)15(17)16-13-8-10-14(11-9-13)21(18,19)20/h8-12,15-17H,3-7H2,1-2H3,(H,18,19,20). The van der Waals surface area contributed by atoms with E-state index in [-0.39, 0.29) is 10.8 Å². The molecule has 0 aliphatic heterocycles. The SMILES string of the molecule is CCCCCCC(C)C(O)Nc1ccc(S(=O)(=O)O)cc1. The van der Waals surface area contributed by atoms with E-state index in [4.69, 9.17) is 4.55 Å². The third-order valence-corrected chi connectivity index (χ3v) is 4.39. The van der Waals surface area contributed by atoms with Crippen LogP contribution >= 0.6 is 0 Å². The van der Waals surface area contributed by atoms with Crippen LogP contribution in [0, 0.1) is 5.92 Å². The molecule has 0 aromatic heterocycles. The van der Waals surface area contributed by atoms with Crippen molar-refractivity contribution in [3.63, 3.8) is 0 Å². The van der Waals surface area contributed by atoms with Crippen LogP contribution in [0.3, 0.4) is 0 Å². The first-order valence-corrected chi connectivity index (χ1v) is 8.80. The number of nitrogens with one attached hydrogen (secondary N) is 1. The van der Waals surface area contributed by atoms with Gasteiger partial charge >= 0.3 is 0 Å². The first kappa shape index (κ1) is 17.9. The van der Waals surface area contributed by atoms with Gasteiger partial charge < -0.3 is 10.4 Å². The minimum atomic E-state index is -4.17. The summed E-state index contributed by atoms with van der Waals surface area (Å²) in [5.74, 6) is 0.114. The Balaban J connectivity index is 2.48. The lowest BCUT2D eigenvalue weighted by molar-refractivity contribution is 0.136. The van der Waals surface area contributed by atoms with Crippen molar-refractivity contribution in [2.45, 2.75) is 57.1 Å². The van der Waals surface area contributed by atoms with Gasteiger partial charge in [-0.15, -0.1) is 0 Å². The van der Waals surface area contributed by atoms with E-state index in [9.17, 15) is 13.5 Å². The molecule has 21 heavy (non-hydrogen) atoms. The molecule has 0 heterocycles. The molecule has 0 aliphatic carbocycles. The van der Waals surface area contributed by atoms with Crippen molar-refractivity contribution in [1.82, 2.24) is 0 Å². The van der Waals surface area contributed by atoms with Gasteiger partial charge in [0.15, 0.2) is 0 Å². The zero-order chi connectivity index (χ0) is 15.9. The Labute approximate surface area is 127 Å². The van der Waals surface area contributed by atoms with Crippen LogP contribution < -0.4 is 5.32 Å². The molecular weight excluding hydrogens is 290 g/mol. The Morgan fingerprint density at radius 2 is 1.76 bits per heavy atom. The van der Waals surface area contributed by atoms with Gasteiger partial charge in [-0.1, -0.05) is 39.5 Å². The second-order valence-corrected chi connectivity index (χ2v) is 6.84. The number of benzene rings is 1. The number of hydrogen-bond acceptors (Lipinski definition) is 4. The van der Waals surface area contributed by atoms with Gasteiger partial charge in [0.25, 0.3) is 10.1 Å². The molecule has 0 fully saturated rings. The third-order valence-electron chi connectivity index (χ3n) is 3.52. The number of rotatable bonds is 9. The van der Waals surface area contributed by atoms with Gasteiger partial charge in [0.1, 0.15) is 6.23 Å². The molecule has 1 aromatic rings. The van der Waals surface area contributed by atoms with Gasteiger partial charge in [0.2, 0.25) is 0 Å². The molecule has 2 atom stereocenters. The van der Waals surface area contributed by atoms with Crippen LogP contribution in [0.2, 0.25) is 0 Å². The maximum atomic E-state index is 10.9. The van der Waals surface area contributed by atoms with Crippen LogP contribution in [0.25, 0.3) is 0 Å². The van der Waals surface area contributed by atoms with Crippen molar-refractivity contribution in [1.29, 1.82) is 0 Å². The molecule has 0 radical (unpaired) electrons. The Morgan fingerprint density at radius 1 is 1.14 bits per heavy atom. The molecule has 0 bridgehead atoms. The van der Waals surface area contributed by atoms with Crippen molar-refractivity contribution in [2.75, 3.05) is 5.32 Å². The largest absolute Gasteiger partial charge is 0.374 e. The van der Waals surface area contributed by atoms with E-state index in [2.05, 4.69) is 12.2 Å². The van der Waals surface area contributed by atoms with Gasteiger partial charge in [-0.3, -0.25) is 4.55 Å². The summed E-state index contributed by atoms with van der Waals surface area (Å²) in [5.41, 5.74) is 0.621. The average molecular weight is 315 g/mol. The summed E-state index contributed by atoms with van der Waals surface area (Å²) in [6.45, 7) is 4.15. The van der Waals surface area contributed by atoms with E-state index in [1.807, 2.05) is 6.92 Å². The second kappa shape index (κ2) is 8.36. The predicted molar refractivity (Wildman–Crippen MR) is 83.8 cm³/mol. The van der Waals surface area contributed by atoms with Gasteiger partial charge in [-0.05, 0) is 30.7 Å². The zero-order valence-electron chi connectivity index (χ0n) is 12.6. The predicted octanol–water partition coefficient (Wildman–Crippen LogP) is 3.27. The molecule has 1 aromatic carbocycles. The Bertz CT molecular complexity index is 513. The van der Waals surface area contributed by atoms with Crippen molar-refractivity contribution >= 4 is 15.8 Å². The quantitative estimate of drug-likeness (QED) is 0.370. The summed E-state index contributed by atoms with van der Waals surface area (Å²) in [6.07, 6.45) is 4.94. The summed E-state index contributed by atoms with van der Waals surface area (Å²) in [5, 5.41) is 13.0. The van der Waals surface area contributed by atoms with Gasteiger partial charge in [-0.25, -0.2) is 0 Å². The minimum Gasteiger partial charge on any atom is -0.374 e. The van der Waals surface area contributed by atoms with Crippen LogP contribution in [0.4, 0.5) is 5.69 Å². The van der Waals surface area contributed by atoms with Crippen molar-refractivity contribution in [3.05, 3.63) is 24.3 Å². The van der Waals surface area contributed by atoms with Crippen LogP contribution in [-0.4, -0.2) is 24.3 Å². The van der Waals surface area contributed by atoms with E-state index >= 15 is 0 Å². The molecule has 2 unspecified atom stereocenters. The smallest absolute Gasteiger partial charge is 0.294 e. The minimum absolute atomic E-state index is 0.114. The summed E-state index contributed by atoms with van der Waals surface area (Å²) in [4.78, 5) is -0.157. The number of anilines is 1. The van der Waals surface area contributed by atoms with Crippen LogP contribution in [0.1, 0.15) is 46.0 Å². The fourth-order valence-electron chi connectivity index (χ4n) is 2.09. The van der Waals surface area contributed by atoms with E-state index in [1.54, 1.807) is 0 Å².